The van der Waals surface area contributed by atoms with Crippen LogP contribution in [0.15, 0.2) is 18.2 Å². The molecule has 0 bridgehead atoms. The summed E-state index contributed by atoms with van der Waals surface area (Å²) in [4.78, 5) is 23.3. The summed E-state index contributed by atoms with van der Waals surface area (Å²) in [5.74, 6) is -0.0954. The van der Waals surface area contributed by atoms with Gasteiger partial charge in [-0.15, -0.1) is 0 Å². The molecule has 6 nitrogen and oxygen atoms in total. The minimum atomic E-state index is -1.03. The number of aliphatic carboxylic acids is 1. The molecule has 0 saturated heterocycles. The van der Waals surface area contributed by atoms with Crippen molar-refractivity contribution in [3.8, 4) is 11.5 Å². The number of carboxylic acids is 1. The summed E-state index contributed by atoms with van der Waals surface area (Å²) in [7, 11) is 3.11. The number of carboxylic acid groups (broad SMARTS) is 1. The zero-order valence-corrected chi connectivity index (χ0v) is 14.3. The molecule has 0 aliphatic heterocycles. The van der Waals surface area contributed by atoms with Crippen LogP contribution in [0.4, 0.5) is 0 Å². The first kappa shape index (κ1) is 18.8. The monoisotopic (exact) mass is 323 g/mol. The van der Waals surface area contributed by atoms with Gasteiger partial charge in [-0.05, 0) is 29.5 Å². The first-order chi connectivity index (χ1) is 10.7. The zero-order valence-electron chi connectivity index (χ0n) is 14.3. The molecule has 0 unspecified atom stereocenters. The van der Waals surface area contributed by atoms with E-state index < -0.39 is 17.4 Å². The molecule has 0 aliphatic rings. The van der Waals surface area contributed by atoms with E-state index in [1.807, 2.05) is 12.1 Å². The van der Waals surface area contributed by atoms with Crippen molar-refractivity contribution >= 4 is 11.9 Å². The Hall–Kier alpha value is -2.24. The van der Waals surface area contributed by atoms with E-state index in [0.717, 1.165) is 5.56 Å². The topological polar surface area (TPSA) is 84.9 Å². The Morgan fingerprint density at radius 1 is 1.17 bits per heavy atom. The molecule has 0 aliphatic carbocycles. The van der Waals surface area contributed by atoms with Crippen LogP contribution in [0.2, 0.25) is 0 Å². The van der Waals surface area contributed by atoms with Crippen molar-refractivity contribution in [2.24, 2.45) is 5.41 Å². The SMILES string of the molecule is COc1ccc(CCC(=O)N[C@H](C(=O)O)C(C)(C)C)cc1OC. The minimum absolute atomic E-state index is 0.204. The third-order valence-corrected chi connectivity index (χ3v) is 3.51. The predicted molar refractivity (Wildman–Crippen MR) is 86.9 cm³/mol. The Labute approximate surface area is 136 Å². The first-order valence-corrected chi connectivity index (χ1v) is 7.42. The maximum atomic E-state index is 12.0. The van der Waals surface area contributed by atoms with Crippen LogP contribution in [0.1, 0.15) is 32.8 Å². The Balaban J connectivity index is 2.67. The first-order valence-electron chi connectivity index (χ1n) is 7.42. The second-order valence-corrected chi connectivity index (χ2v) is 6.39. The summed E-state index contributed by atoms with van der Waals surface area (Å²) in [6, 6.07) is 4.53. The van der Waals surface area contributed by atoms with E-state index in [9.17, 15) is 14.7 Å². The van der Waals surface area contributed by atoms with Gasteiger partial charge in [-0.2, -0.15) is 0 Å². The van der Waals surface area contributed by atoms with E-state index >= 15 is 0 Å². The molecule has 6 heteroatoms. The summed E-state index contributed by atoms with van der Waals surface area (Å²) in [5.41, 5.74) is 0.366. The number of hydrogen-bond donors (Lipinski definition) is 2. The lowest BCUT2D eigenvalue weighted by atomic mass is 9.86. The van der Waals surface area contributed by atoms with E-state index in [-0.39, 0.29) is 12.3 Å². The molecule has 1 aromatic rings. The molecule has 0 radical (unpaired) electrons. The van der Waals surface area contributed by atoms with Gasteiger partial charge in [0.05, 0.1) is 14.2 Å². The van der Waals surface area contributed by atoms with Gasteiger partial charge >= 0.3 is 5.97 Å². The largest absolute Gasteiger partial charge is 0.493 e. The fourth-order valence-corrected chi connectivity index (χ4v) is 2.18. The molecule has 1 rings (SSSR count). The highest BCUT2D eigenvalue weighted by atomic mass is 16.5. The van der Waals surface area contributed by atoms with Crippen LogP contribution in [0, 0.1) is 5.41 Å². The molecule has 23 heavy (non-hydrogen) atoms. The predicted octanol–water partition coefficient (Wildman–Crippen LogP) is 2.25. The van der Waals surface area contributed by atoms with Gasteiger partial charge in [0.25, 0.3) is 0 Å². The van der Waals surface area contributed by atoms with Crippen LogP contribution in [-0.2, 0) is 16.0 Å². The highest BCUT2D eigenvalue weighted by molar-refractivity contribution is 5.84. The lowest BCUT2D eigenvalue weighted by Crippen LogP contribution is -2.49. The van der Waals surface area contributed by atoms with Gasteiger partial charge in [0.1, 0.15) is 6.04 Å². The van der Waals surface area contributed by atoms with Crippen molar-refractivity contribution in [3.63, 3.8) is 0 Å². The molecule has 128 valence electrons. The van der Waals surface area contributed by atoms with Crippen LogP contribution in [-0.4, -0.2) is 37.2 Å². The van der Waals surface area contributed by atoms with Crippen LogP contribution in [0.5, 0.6) is 11.5 Å². The molecule has 1 atom stereocenters. The quantitative estimate of drug-likeness (QED) is 0.804. The molecule has 0 aromatic heterocycles. The smallest absolute Gasteiger partial charge is 0.326 e. The lowest BCUT2D eigenvalue weighted by molar-refractivity contribution is -0.144. The third-order valence-electron chi connectivity index (χ3n) is 3.51. The summed E-state index contributed by atoms with van der Waals surface area (Å²) < 4.78 is 10.4. The number of hydrogen-bond acceptors (Lipinski definition) is 4. The maximum absolute atomic E-state index is 12.0. The van der Waals surface area contributed by atoms with E-state index in [4.69, 9.17) is 9.47 Å². The third kappa shape index (κ3) is 5.47. The molecule has 0 spiro atoms. The van der Waals surface area contributed by atoms with Crippen LogP contribution in [0.3, 0.4) is 0 Å². The van der Waals surface area contributed by atoms with Crippen LogP contribution in [0.25, 0.3) is 0 Å². The zero-order chi connectivity index (χ0) is 17.6. The summed E-state index contributed by atoms with van der Waals surface area (Å²) >= 11 is 0. The van der Waals surface area contributed by atoms with Gasteiger partial charge in [0, 0.05) is 6.42 Å². The Morgan fingerprint density at radius 2 is 1.78 bits per heavy atom. The van der Waals surface area contributed by atoms with Gasteiger partial charge in [-0.25, -0.2) is 4.79 Å². The van der Waals surface area contributed by atoms with Gasteiger partial charge in [0.2, 0.25) is 5.91 Å². The molecule has 0 fully saturated rings. The van der Waals surface area contributed by atoms with Crippen molar-refractivity contribution in [1.29, 1.82) is 0 Å². The van der Waals surface area contributed by atoms with E-state index in [1.165, 1.54) is 0 Å². The number of carbonyl (C=O) groups excluding carboxylic acids is 1. The number of aryl methyl sites for hydroxylation is 1. The molecular weight excluding hydrogens is 298 g/mol. The molecule has 1 amide bonds. The van der Waals surface area contributed by atoms with Crippen LogP contribution >= 0.6 is 0 Å². The van der Waals surface area contributed by atoms with Gasteiger partial charge in [-0.1, -0.05) is 26.8 Å². The summed E-state index contributed by atoms with van der Waals surface area (Å²) in [5, 5.41) is 11.8. The highest BCUT2D eigenvalue weighted by Gasteiger charge is 2.32. The average Bonchev–Trinajstić information content (AvgIpc) is 2.48. The summed E-state index contributed by atoms with van der Waals surface area (Å²) in [6.45, 7) is 5.33. The normalized spacial score (nSPS) is 12.4. The molecule has 0 saturated carbocycles. The minimum Gasteiger partial charge on any atom is -0.493 e. The van der Waals surface area contributed by atoms with Crippen molar-refractivity contribution in [1.82, 2.24) is 5.32 Å². The summed E-state index contributed by atoms with van der Waals surface area (Å²) in [6.07, 6.45) is 0.692. The van der Waals surface area contributed by atoms with Crippen molar-refractivity contribution < 1.29 is 24.2 Å². The second-order valence-electron chi connectivity index (χ2n) is 6.39. The lowest BCUT2D eigenvalue weighted by Gasteiger charge is -2.27. The number of ether oxygens (including phenoxy) is 2. The Morgan fingerprint density at radius 3 is 2.26 bits per heavy atom. The molecule has 0 heterocycles. The van der Waals surface area contributed by atoms with E-state index in [0.29, 0.717) is 17.9 Å². The standard InChI is InChI=1S/C17H25NO5/c1-17(2,3)15(16(20)21)18-14(19)9-7-11-6-8-12(22-4)13(10-11)23-5/h6,8,10,15H,7,9H2,1-5H3,(H,18,19)(H,20,21)/t15-/m1/s1. The average molecular weight is 323 g/mol. The van der Waals surface area contributed by atoms with Crippen molar-refractivity contribution in [2.75, 3.05) is 14.2 Å². The Kier molecular flexibility index (Phi) is 6.42. The second kappa shape index (κ2) is 7.85. The highest BCUT2D eigenvalue weighted by Crippen LogP contribution is 2.28. The number of benzene rings is 1. The van der Waals surface area contributed by atoms with Crippen molar-refractivity contribution in [3.05, 3.63) is 23.8 Å². The number of amides is 1. The van der Waals surface area contributed by atoms with E-state index in [2.05, 4.69) is 5.32 Å². The molecule has 2 N–H and O–H groups in total. The van der Waals surface area contributed by atoms with Gasteiger partial charge in [0.15, 0.2) is 11.5 Å². The fraction of sp³-hybridized carbons (Fsp3) is 0.529. The van der Waals surface area contributed by atoms with E-state index in [1.54, 1.807) is 41.1 Å². The molecule has 1 aromatic carbocycles. The van der Waals surface area contributed by atoms with Gasteiger partial charge in [-0.3, -0.25) is 4.79 Å². The number of rotatable bonds is 7. The number of carbonyl (C=O) groups is 2. The fourth-order valence-electron chi connectivity index (χ4n) is 2.18. The van der Waals surface area contributed by atoms with Crippen LogP contribution < -0.4 is 14.8 Å². The number of methoxy groups -OCH3 is 2. The Bertz CT molecular complexity index is 563. The molecular formula is C17H25NO5. The maximum Gasteiger partial charge on any atom is 0.326 e. The van der Waals surface area contributed by atoms with Crippen molar-refractivity contribution in [2.45, 2.75) is 39.7 Å². The number of nitrogens with one attached hydrogen (secondary N) is 1. The van der Waals surface area contributed by atoms with Gasteiger partial charge < -0.3 is 19.9 Å².